The Bertz CT molecular complexity index is 324. The van der Waals surface area contributed by atoms with Crippen molar-refractivity contribution >= 4 is 6.29 Å². The minimum atomic E-state index is 0.815. The fraction of sp³-hybridized carbons (Fsp3) is 0.364. The highest BCUT2D eigenvalue weighted by atomic mass is 16.1. The van der Waals surface area contributed by atoms with Gasteiger partial charge in [0.15, 0.2) is 0 Å². The molecule has 0 bridgehead atoms. The van der Waals surface area contributed by atoms with Gasteiger partial charge in [-0.1, -0.05) is 0 Å². The van der Waals surface area contributed by atoms with Crippen LogP contribution in [0.25, 0.3) is 0 Å². The zero-order chi connectivity index (χ0) is 9.30. The monoisotopic (exact) mass is 162 g/mol. The first-order chi connectivity index (χ1) is 5.57. The second-order valence-electron chi connectivity index (χ2n) is 3.28. The molecular formula is C11H14O. The van der Waals surface area contributed by atoms with Crippen molar-refractivity contribution in [2.75, 3.05) is 0 Å². The van der Waals surface area contributed by atoms with E-state index >= 15 is 0 Å². The number of aryl methyl sites for hydroxylation is 1. The molecule has 1 aromatic carbocycles. The molecule has 0 fully saturated rings. The van der Waals surface area contributed by atoms with Crippen molar-refractivity contribution in [2.24, 2.45) is 0 Å². The van der Waals surface area contributed by atoms with Crippen LogP contribution in [0.15, 0.2) is 6.07 Å². The number of carbonyl (C=O) groups excluding carboxylic acids is 1. The number of benzene rings is 1. The fourth-order valence-corrected chi connectivity index (χ4v) is 1.37. The summed E-state index contributed by atoms with van der Waals surface area (Å²) >= 11 is 0. The first-order valence-electron chi connectivity index (χ1n) is 4.10. The molecule has 12 heavy (non-hydrogen) atoms. The molecule has 0 amide bonds. The van der Waals surface area contributed by atoms with Crippen LogP contribution in [0.5, 0.6) is 0 Å². The number of hydrogen-bond donors (Lipinski definition) is 0. The lowest BCUT2D eigenvalue weighted by Crippen LogP contribution is -1.96. The Morgan fingerprint density at radius 1 is 1.00 bits per heavy atom. The van der Waals surface area contributed by atoms with Crippen molar-refractivity contribution < 1.29 is 4.79 Å². The first-order valence-corrected chi connectivity index (χ1v) is 4.10. The standard InChI is InChI=1S/C11H14O/c1-7-5-11(6-12)10(4)9(3)8(7)2/h5-6H,1-4H3. The maximum atomic E-state index is 10.6. The predicted octanol–water partition coefficient (Wildman–Crippen LogP) is 2.73. The van der Waals surface area contributed by atoms with E-state index in [0.717, 1.165) is 17.4 Å². The van der Waals surface area contributed by atoms with Crippen LogP contribution in [0.1, 0.15) is 32.6 Å². The van der Waals surface area contributed by atoms with Gasteiger partial charge in [0.2, 0.25) is 0 Å². The topological polar surface area (TPSA) is 17.1 Å². The summed E-state index contributed by atoms with van der Waals surface area (Å²) in [6.45, 7) is 8.18. The van der Waals surface area contributed by atoms with Crippen molar-refractivity contribution in [3.8, 4) is 0 Å². The van der Waals surface area contributed by atoms with Gasteiger partial charge >= 0.3 is 0 Å². The molecule has 64 valence electrons. The maximum absolute atomic E-state index is 10.6. The molecule has 1 nitrogen and oxygen atoms in total. The third kappa shape index (κ3) is 1.27. The van der Waals surface area contributed by atoms with E-state index < -0.39 is 0 Å². The Hall–Kier alpha value is -1.11. The second-order valence-corrected chi connectivity index (χ2v) is 3.28. The normalized spacial score (nSPS) is 10.0. The second kappa shape index (κ2) is 3.10. The molecule has 0 aromatic heterocycles. The molecule has 0 saturated heterocycles. The lowest BCUT2D eigenvalue weighted by molar-refractivity contribution is 0.112. The largest absolute Gasteiger partial charge is 0.298 e. The molecule has 0 radical (unpaired) electrons. The van der Waals surface area contributed by atoms with E-state index in [1.807, 2.05) is 19.9 Å². The quantitative estimate of drug-likeness (QED) is 0.580. The molecule has 0 atom stereocenters. The van der Waals surface area contributed by atoms with Gasteiger partial charge in [0, 0.05) is 5.56 Å². The zero-order valence-electron chi connectivity index (χ0n) is 8.06. The molecule has 0 spiro atoms. The zero-order valence-corrected chi connectivity index (χ0v) is 8.06. The van der Waals surface area contributed by atoms with E-state index in [4.69, 9.17) is 0 Å². The molecule has 0 aliphatic carbocycles. The Balaban J connectivity index is 3.49. The summed E-state index contributed by atoms with van der Waals surface area (Å²) in [4.78, 5) is 10.6. The van der Waals surface area contributed by atoms with Crippen LogP contribution in [0, 0.1) is 27.7 Å². The molecule has 1 aromatic rings. The van der Waals surface area contributed by atoms with Crippen LogP contribution >= 0.6 is 0 Å². The lowest BCUT2D eigenvalue weighted by Gasteiger charge is -2.09. The van der Waals surface area contributed by atoms with Crippen LogP contribution in [-0.2, 0) is 0 Å². The summed E-state index contributed by atoms with van der Waals surface area (Å²) in [7, 11) is 0. The molecule has 0 unspecified atom stereocenters. The highest BCUT2D eigenvalue weighted by molar-refractivity contribution is 5.78. The van der Waals surface area contributed by atoms with E-state index in [2.05, 4.69) is 13.8 Å². The molecule has 0 heterocycles. The molecule has 0 aliphatic rings. The molecule has 0 N–H and O–H groups in total. The smallest absolute Gasteiger partial charge is 0.150 e. The lowest BCUT2D eigenvalue weighted by atomic mass is 9.95. The summed E-state index contributed by atoms with van der Waals surface area (Å²) in [5.41, 5.74) is 5.64. The SMILES string of the molecule is Cc1cc(C=O)c(C)c(C)c1C. The Kier molecular flexibility index (Phi) is 2.32. The first kappa shape index (κ1) is 8.98. The summed E-state index contributed by atoms with van der Waals surface area (Å²) in [5, 5.41) is 0. The molecule has 0 aliphatic heterocycles. The van der Waals surface area contributed by atoms with E-state index in [-0.39, 0.29) is 0 Å². The van der Waals surface area contributed by atoms with Gasteiger partial charge in [-0.15, -0.1) is 0 Å². The number of rotatable bonds is 1. The minimum Gasteiger partial charge on any atom is -0.298 e. The number of carbonyl (C=O) groups is 1. The molecule has 1 rings (SSSR count). The summed E-state index contributed by atoms with van der Waals surface area (Å²) < 4.78 is 0. The summed E-state index contributed by atoms with van der Waals surface area (Å²) in [5.74, 6) is 0. The van der Waals surface area contributed by atoms with Crippen LogP contribution < -0.4 is 0 Å². The summed E-state index contributed by atoms with van der Waals surface area (Å²) in [6, 6.07) is 1.95. The average molecular weight is 162 g/mol. The number of aldehydes is 1. The van der Waals surface area contributed by atoms with E-state index in [9.17, 15) is 4.79 Å². The van der Waals surface area contributed by atoms with E-state index in [1.54, 1.807) is 0 Å². The molecule has 0 saturated carbocycles. The average Bonchev–Trinajstić information content (AvgIpc) is 2.08. The van der Waals surface area contributed by atoms with E-state index in [0.29, 0.717) is 0 Å². The highest BCUT2D eigenvalue weighted by Gasteiger charge is 2.05. The van der Waals surface area contributed by atoms with Gasteiger partial charge in [0.1, 0.15) is 6.29 Å². The van der Waals surface area contributed by atoms with Crippen molar-refractivity contribution in [3.63, 3.8) is 0 Å². The summed E-state index contributed by atoms with van der Waals surface area (Å²) in [6.07, 6.45) is 0.925. The van der Waals surface area contributed by atoms with Crippen molar-refractivity contribution in [1.29, 1.82) is 0 Å². The van der Waals surface area contributed by atoms with Crippen molar-refractivity contribution in [2.45, 2.75) is 27.7 Å². The Morgan fingerprint density at radius 3 is 2.08 bits per heavy atom. The van der Waals surface area contributed by atoms with E-state index in [1.165, 1.54) is 16.7 Å². The maximum Gasteiger partial charge on any atom is 0.150 e. The van der Waals surface area contributed by atoms with Crippen LogP contribution in [0.2, 0.25) is 0 Å². The van der Waals surface area contributed by atoms with Gasteiger partial charge in [0.25, 0.3) is 0 Å². The third-order valence-corrected chi connectivity index (χ3v) is 2.65. The fourth-order valence-electron chi connectivity index (χ4n) is 1.37. The van der Waals surface area contributed by atoms with Crippen molar-refractivity contribution in [1.82, 2.24) is 0 Å². The van der Waals surface area contributed by atoms with Gasteiger partial charge in [0.05, 0.1) is 0 Å². The number of hydrogen-bond acceptors (Lipinski definition) is 1. The van der Waals surface area contributed by atoms with Gasteiger partial charge in [-0.25, -0.2) is 0 Å². The van der Waals surface area contributed by atoms with Gasteiger partial charge in [-0.3, -0.25) is 4.79 Å². The van der Waals surface area contributed by atoms with Gasteiger partial charge in [-0.05, 0) is 56.0 Å². The highest BCUT2D eigenvalue weighted by Crippen LogP contribution is 2.19. The molecule has 1 heteroatoms. The Morgan fingerprint density at radius 2 is 1.58 bits per heavy atom. The van der Waals surface area contributed by atoms with Crippen molar-refractivity contribution in [3.05, 3.63) is 33.9 Å². The van der Waals surface area contributed by atoms with Gasteiger partial charge < -0.3 is 0 Å². The molecular weight excluding hydrogens is 148 g/mol. The van der Waals surface area contributed by atoms with Crippen LogP contribution in [0.3, 0.4) is 0 Å². The predicted molar refractivity (Wildman–Crippen MR) is 50.8 cm³/mol. The van der Waals surface area contributed by atoms with Crippen LogP contribution in [0.4, 0.5) is 0 Å². The van der Waals surface area contributed by atoms with Crippen LogP contribution in [-0.4, -0.2) is 6.29 Å². The van der Waals surface area contributed by atoms with Gasteiger partial charge in [-0.2, -0.15) is 0 Å². The Labute approximate surface area is 73.4 Å². The third-order valence-electron chi connectivity index (χ3n) is 2.65. The minimum absolute atomic E-state index is 0.815.